The predicted octanol–water partition coefficient (Wildman–Crippen LogP) is 3.00. The van der Waals surface area contributed by atoms with Crippen molar-refractivity contribution in [3.05, 3.63) is 52.6 Å². The monoisotopic (exact) mass is 281 g/mol. The van der Waals surface area contributed by atoms with E-state index in [1.165, 1.54) is 12.1 Å². The van der Waals surface area contributed by atoms with Gasteiger partial charge in [-0.3, -0.25) is 4.68 Å². The van der Waals surface area contributed by atoms with Crippen LogP contribution in [0.3, 0.4) is 0 Å². The Bertz CT molecular complexity index is 553. The Labute approximate surface area is 117 Å². The zero-order valence-corrected chi connectivity index (χ0v) is 11.6. The molecule has 0 fully saturated rings. The first-order valence-corrected chi connectivity index (χ1v) is 6.67. The van der Waals surface area contributed by atoms with Crippen LogP contribution in [-0.2, 0) is 13.0 Å². The van der Waals surface area contributed by atoms with Crippen LogP contribution in [0.4, 0.5) is 4.39 Å². The van der Waals surface area contributed by atoms with Gasteiger partial charge in [-0.25, -0.2) is 4.39 Å². The Balaban J connectivity index is 2.09. The Morgan fingerprint density at radius 1 is 1.47 bits per heavy atom. The first-order valence-electron chi connectivity index (χ1n) is 6.29. The van der Waals surface area contributed by atoms with E-state index in [9.17, 15) is 4.39 Å². The lowest BCUT2D eigenvalue weighted by atomic mass is 10.1. The second kappa shape index (κ2) is 6.17. The summed E-state index contributed by atoms with van der Waals surface area (Å²) >= 11 is 6.03. The molecule has 0 saturated carbocycles. The summed E-state index contributed by atoms with van der Waals surface area (Å²) in [5.41, 5.74) is 7.71. The van der Waals surface area contributed by atoms with Gasteiger partial charge in [-0.1, -0.05) is 18.5 Å². The van der Waals surface area contributed by atoms with E-state index in [0.717, 1.165) is 24.0 Å². The van der Waals surface area contributed by atoms with E-state index in [4.69, 9.17) is 17.3 Å². The summed E-state index contributed by atoms with van der Waals surface area (Å²) < 4.78 is 14.9. The van der Waals surface area contributed by atoms with E-state index in [1.807, 2.05) is 6.20 Å². The molecule has 3 nitrogen and oxygen atoms in total. The minimum Gasteiger partial charge on any atom is -0.327 e. The summed E-state index contributed by atoms with van der Waals surface area (Å²) in [6.07, 6.45) is 5.45. The van der Waals surface area contributed by atoms with Crippen molar-refractivity contribution in [3.8, 4) is 0 Å². The molecule has 102 valence electrons. The average molecular weight is 282 g/mol. The molecule has 2 rings (SSSR count). The van der Waals surface area contributed by atoms with E-state index >= 15 is 0 Å². The second-order valence-electron chi connectivity index (χ2n) is 4.65. The molecule has 0 bridgehead atoms. The van der Waals surface area contributed by atoms with Crippen molar-refractivity contribution >= 4 is 11.6 Å². The molecule has 0 amide bonds. The van der Waals surface area contributed by atoms with Crippen molar-refractivity contribution in [2.75, 3.05) is 0 Å². The van der Waals surface area contributed by atoms with Gasteiger partial charge >= 0.3 is 0 Å². The van der Waals surface area contributed by atoms with Gasteiger partial charge in [-0.15, -0.1) is 0 Å². The van der Waals surface area contributed by atoms with Crippen LogP contribution in [0.15, 0.2) is 30.6 Å². The SMILES string of the molecule is CCC(N)Cc1cnn(Cc2cc(F)ccc2Cl)c1. The highest BCUT2D eigenvalue weighted by Gasteiger charge is 2.07. The molecule has 2 N–H and O–H groups in total. The normalized spacial score (nSPS) is 12.6. The molecule has 2 aromatic rings. The standard InChI is InChI=1S/C14H17ClFN3/c1-2-13(17)5-10-7-18-19(8-10)9-11-6-12(16)3-4-14(11)15/h3-4,6-8,13H,2,5,9,17H2,1H3. The Hall–Kier alpha value is -1.39. The van der Waals surface area contributed by atoms with Crippen LogP contribution >= 0.6 is 11.6 Å². The fraction of sp³-hybridized carbons (Fsp3) is 0.357. The van der Waals surface area contributed by atoms with E-state index in [1.54, 1.807) is 16.9 Å². The van der Waals surface area contributed by atoms with Crippen molar-refractivity contribution in [1.82, 2.24) is 9.78 Å². The number of nitrogens with zero attached hydrogens (tertiary/aromatic N) is 2. The molecule has 1 heterocycles. The molecule has 0 aliphatic carbocycles. The summed E-state index contributed by atoms with van der Waals surface area (Å²) in [5, 5.41) is 4.79. The Morgan fingerprint density at radius 3 is 3.00 bits per heavy atom. The van der Waals surface area contributed by atoms with Crippen LogP contribution in [0, 0.1) is 5.82 Å². The van der Waals surface area contributed by atoms with Gasteiger partial charge in [0.25, 0.3) is 0 Å². The molecular formula is C14H17ClFN3. The van der Waals surface area contributed by atoms with Gasteiger partial charge in [0.05, 0.1) is 12.7 Å². The minimum absolute atomic E-state index is 0.149. The lowest BCUT2D eigenvalue weighted by Gasteiger charge is -2.06. The maximum Gasteiger partial charge on any atom is 0.123 e. The van der Waals surface area contributed by atoms with E-state index < -0.39 is 0 Å². The van der Waals surface area contributed by atoms with Gasteiger partial charge in [0.15, 0.2) is 0 Å². The second-order valence-corrected chi connectivity index (χ2v) is 5.06. The molecule has 0 aliphatic heterocycles. The molecule has 5 heteroatoms. The van der Waals surface area contributed by atoms with Crippen LogP contribution in [0.2, 0.25) is 5.02 Å². The molecule has 1 unspecified atom stereocenters. The molecule has 1 atom stereocenters. The van der Waals surface area contributed by atoms with Crippen LogP contribution in [0.5, 0.6) is 0 Å². The van der Waals surface area contributed by atoms with Crippen LogP contribution in [-0.4, -0.2) is 15.8 Å². The number of hydrogen-bond donors (Lipinski definition) is 1. The predicted molar refractivity (Wildman–Crippen MR) is 74.7 cm³/mol. The van der Waals surface area contributed by atoms with Crippen LogP contribution < -0.4 is 5.73 Å². The van der Waals surface area contributed by atoms with Gasteiger partial charge in [0.1, 0.15) is 5.82 Å². The Kier molecular flexibility index (Phi) is 4.56. The van der Waals surface area contributed by atoms with Crippen LogP contribution in [0.25, 0.3) is 0 Å². The first-order chi connectivity index (χ1) is 9.08. The largest absolute Gasteiger partial charge is 0.327 e. The third-order valence-corrected chi connectivity index (χ3v) is 3.42. The van der Waals surface area contributed by atoms with Gasteiger partial charge in [0.2, 0.25) is 0 Å². The summed E-state index contributed by atoms with van der Waals surface area (Å²) in [4.78, 5) is 0. The van der Waals surface area contributed by atoms with Crippen LogP contribution in [0.1, 0.15) is 24.5 Å². The third kappa shape index (κ3) is 3.78. The number of rotatable bonds is 5. The molecular weight excluding hydrogens is 265 g/mol. The van der Waals surface area contributed by atoms with Crippen molar-refractivity contribution in [3.63, 3.8) is 0 Å². The average Bonchev–Trinajstić information content (AvgIpc) is 2.81. The fourth-order valence-corrected chi connectivity index (χ4v) is 2.06. The number of hydrogen-bond acceptors (Lipinski definition) is 2. The van der Waals surface area contributed by atoms with Crippen molar-refractivity contribution in [1.29, 1.82) is 0 Å². The summed E-state index contributed by atoms with van der Waals surface area (Å²) in [7, 11) is 0. The fourth-order valence-electron chi connectivity index (χ4n) is 1.88. The van der Waals surface area contributed by atoms with Gasteiger partial charge in [0, 0.05) is 17.3 Å². The van der Waals surface area contributed by atoms with Gasteiger partial charge in [-0.05, 0) is 42.2 Å². The quantitative estimate of drug-likeness (QED) is 0.915. The molecule has 0 spiro atoms. The van der Waals surface area contributed by atoms with Gasteiger partial charge < -0.3 is 5.73 Å². The highest BCUT2D eigenvalue weighted by Crippen LogP contribution is 2.18. The first kappa shape index (κ1) is 14.0. The van der Waals surface area contributed by atoms with Crippen molar-refractivity contribution in [2.45, 2.75) is 32.4 Å². The molecule has 0 saturated heterocycles. The number of aromatic nitrogens is 2. The van der Waals surface area contributed by atoms with Gasteiger partial charge in [-0.2, -0.15) is 5.10 Å². The third-order valence-electron chi connectivity index (χ3n) is 3.05. The molecule has 1 aromatic carbocycles. The van der Waals surface area contributed by atoms with Crippen molar-refractivity contribution < 1.29 is 4.39 Å². The maximum atomic E-state index is 13.2. The van der Waals surface area contributed by atoms with E-state index in [-0.39, 0.29) is 11.9 Å². The maximum absolute atomic E-state index is 13.2. The number of halogens is 2. The number of benzene rings is 1. The summed E-state index contributed by atoms with van der Waals surface area (Å²) in [5.74, 6) is -0.292. The minimum atomic E-state index is -0.292. The molecule has 0 radical (unpaired) electrons. The summed E-state index contributed by atoms with van der Waals surface area (Å²) in [6, 6.07) is 4.49. The lowest BCUT2D eigenvalue weighted by molar-refractivity contribution is 0.619. The zero-order chi connectivity index (χ0) is 13.8. The zero-order valence-electron chi connectivity index (χ0n) is 10.8. The smallest absolute Gasteiger partial charge is 0.123 e. The highest BCUT2D eigenvalue weighted by molar-refractivity contribution is 6.31. The lowest BCUT2D eigenvalue weighted by Crippen LogP contribution is -2.21. The molecule has 19 heavy (non-hydrogen) atoms. The number of nitrogens with two attached hydrogens (primary N) is 1. The molecule has 0 aliphatic rings. The summed E-state index contributed by atoms with van der Waals surface area (Å²) in [6.45, 7) is 2.51. The van der Waals surface area contributed by atoms with Crippen molar-refractivity contribution in [2.24, 2.45) is 5.73 Å². The van der Waals surface area contributed by atoms with E-state index in [0.29, 0.717) is 11.6 Å². The molecule has 1 aromatic heterocycles. The topological polar surface area (TPSA) is 43.8 Å². The van der Waals surface area contributed by atoms with E-state index in [2.05, 4.69) is 12.0 Å². The Morgan fingerprint density at radius 2 is 2.26 bits per heavy atom. The highest BCUT2D eigenvalue weighted by atomic mass is 35.5.